The molecule has 5 rings (SSSR count). The number of nitrogens with zero attached hydrogens (tertiary/aromatic N) is 1. The van der Waals surface area contributed by atoms with E-state index in [0.717, 1.165) is 6.07 Å². The van der Waals surface area contributed by atoms with Gasteiger partial charge in [-0.1, -0.05) is 29.8 Å². The summed E-state index contributed by atoms with van der Waals surface area (Å²) in [6.07, 6.45) is -13.2. The third kappa shape index (κ3) is 4.42. The summed E-state index contributed by atoms with van der Waals surface area (Å²) in [5, 5.41) is 2.78. The number of fused-ring (bicyclic) bond motifs is 3. The Morgan fingerprint density at radius 2 is 1.64 bits per heavy atom. The molecule has 2 aromatic carbocycles. The van der Waals surface area contributed by atoms with Crippen LogP contribution in [0, 0.1) is 0 Å². The first-order valence-corrected chi connectivity index (χ1v) is 15.2. The normalized spacial score (nSPS) is 26.5. The van der Waals surface area contributed by atoms with E-state index in [1.807, 2.05) is 0 Å². The molecule has 42 heavy (non-hydrogen) atoms. The van der Waals surface area contributed by atoms with Crippen LogP contribution in [0.25, 0.3) is 0 Å². The SMILES string of the molecule is O=C1NC(C(=O)N2CCC3(S(=O)(=O)c4ccc(Cl)cc4)c4ccc(C(F)(C(F)(F)F)C(F)(F)F)cc4CCC23)CC1P. The second-order valence-corrected chi connectivity index (χ2v) is 14.1. The highest BCUT2D eigenvalue weighted by Crippen LogP contribution is 2.56. The summed E-state index contributed by atoms with van der Waals surface area (Å²) in [6, 6.07) is 4.55. The minimum absolute atomic E-state index is 0.112. The van der Waals surface area contributed by atoms with Gasteiger partial charge in [0.05, 0.1) is 16.6 Å². The van der Waals surface area contributed by atoms with Crippen molar-refractivity contribution in [1.29, 1.82) is 0 Å². The van der Waals surface area contributed by atoms with E-state index in [1.165, 1.54) is 29.2 Å². The van der Waals surface area contributed by atoms with Crippen LogP contribution in [-0.4, -0.2) is 61.8 Å². The second-order valence-electron chi connectivity index (χ2n) is 10.6. The Labute approximate surface area is 243 Å². The molecule has 5 atom stereocenters. The van der Waals surface area contributed by atoms with Crippen molar-refractivity contribution < 1.29 is 48.7 Å². The molecule has 2 aliphatic heterocycles. The number of hydrogen-bond acceptors (Lipinski definition) is 4. The summed E-state index contributed by atoms with van der Waals surface area (Å²) in [7, 11) is -2.18. The molecule has 228 valence electrons. The molecule has 1 aliphatic carbocycles. The van der Waals surface area contributed by atoms with Gasteiger partial charge in [-0.3, -0.25) is 9.59 Å². The van der Waals surface area contributed by atoms with E-state index in [0.29, 0.717) is 12.1 Å². The summed E-state index contributed by atoms with van der Waals surface area (Å²) in [5.74, 6) is -0.938. The highest BCUT2D eigenvalue weighted by Gasteiger charge is 2.74. The van der Waals surface area contributed by atoms with Crippen molar-refractivity contribution in [3.63, 3.8) is 0 Å². The van der Waals surface area contributed by atoms with E-state index in [1.54, 1.807) is 0 Å². The van der Waals surface area contributed by atoms with Crippen molar-refractivity contribution in [2.45, 2.75) is 71.1 Å². The zero-order valence-electron chi connectivity index (χ0n) is 21.4. The molecule has 0 radical (unpaired) electrons. The summed E-state index contributed by atoms with van der Waals surface area (Å²) in [5.41, 5.74) is -8.27. The molecule has 1 N–H and O–H groups in total. The van der Waals surface area contributed by atoms with E-state index in [4.69, 9.17) is 11.6 Å². The predicted molar refractivity (Wildman–Crippen MR) is 140 cm³/mol. The van der Waals surface area contributed by atoms with Crippen LogP contribution in [0.1, 0.15) is 36.0 Å². The molecular weight excluding hydrogens is 636 g/mol. The Balaban J connectivity index is 1.67. The maximum Gasteiger partial charge on any atom is 0.435 e. The van der Waals surface area contributed by atoms with Crippen LogP contribution in [0.5, 0.6) is 0 Å². The lowest BCUT2D eigenvalue weighted by Gasteiger charge is -2.43. The van der Waals surface area contributed by atoms with Crippen molar-refractivity contribution in [3.05, 3.63) is 64.2 Å². The average molecular weight is 659 g/mol. The molecule has 2 amide bonds. The number of carbonyl (C=O) groups excluding carboxylic acids is 2. The minimum atomic E-state index is -6.35. The maximum absolute atomic E-state index is 14.9. The van der Waals surface area contributed by atoms with Gasteiger partial charge in [0.25, 0.3) is 0 Å². The molecule has 2 fully saturated rings. The molecule has 2 aromatic rings. The number of nitrogens with one attached hydrogen (secondary N) is 1. The summed E-state index contributed by atoms with van der Waals surface area (Å²) in [4.78, 5) is 26.7. The van der Waals surface area contributed by atoms with Crippen molar-refractivity contribution in [2.75, 3.05) is 6.54 Å². The van der Waals surface area contributed by atoms with Crippen LogP contribution in [0.15, 0.2) is 47.4 Å². The summed E-state index contributed by atoms with van der Waals surface area (Å²) in [6.45, 7) is -0.121. The van der Waals surface area contributed by atoms with E-state index in [-0.39, 0.29) is 59.2 Å². The van der Waals surface area contributed by atoms with Gasteiger partial charge >= 0.3 is 18.0 Å². The van der Waals surface area contributed by atoms with Gasteiger partial charge in [-0.15, -0.1) is 9.24 Å². The van der Waals surface area contributed by atoms with Gasteiger partial charge in [-0.25, -0.2) is 12.8 Å². The molecule has 2 heterocycles. The number of halogens is 8. The number of sulfone groups is 1. The Morgan fingerprint density at radius 1 is 1.02 bits per heavy atom. The number of benzene rings is 2. The van der Waals surface area contributed by atoms with Crippen LogP contribution in [0.2, 0.25) is 5.02 Å². The Bertz CT molecular complexity index is 1540. The van der Waals surface area contributed by atoms with Crippen molar-refractivity contribution in [3.8, 4) is 0 Å². The first kappa shape index (κ1) is 31.0. The first-order valence-electron chi connectivity index (χ1n) is 12.7. The number of amides is 2. The molecule has 0 aromatic heterocycles. The van der Waals surface area contributed by atoms with Gasteiger partial charge in [-0.05, 0) is 61.1 Å². The fourth-order valence-electron chi connectivity index (χ4n) is 6.38. The average Bonchev–Trinajstić information content (AvgIpc) is 3.47. The monoisotopic (exact) mass is 658 g/mol. The Hall–Kier alpha value is -2.44. The van der Waals surface area contributed by atoms with Gasteiger partial charge in [0.2, 0.25) is 11.8 Å². The second kappa shape index (κ2) is 10.1. The van der Waals surface area contributed by atoms with E-state index < -0.39 is 61.8 Å². The fraction of sp³-hybridized carbons (Fsp3) is 0.462. The molecule has 2 saturated heterocycles. The lowest BCUT2D eigenvalue weighted by atomic mass is 9.76. The van der Waals surface area contributed by atoms with Gasteiger partial charge in [0, 0.05) is 17.1 Å². The molecule has 0 saturated carbocycles. The number of hydrogen-bond donors (Lipinski definition) is 1. The molecule has 5 unspecified atom stereocenters. The van der Waals surface area contributed by atoms with Crippen LogP contribution < -0.4 is 5.32 Å². The largest absolute Gasteiger partial charge is 0.435 e. The number of carbonyl (C=O) groups is 2. The van der Waals surface area contributed by atoms with Crippen molar-refractivity contribution in [2.24, 2.45) is 0 Å². The predicted octanol–water partition coefficient (Wildman–Crippen LogP) is 4.98. The summed E-state index contributed by atoms with van der Waals surface area (Å²) < 4.78 is 123. The fourth-order valence-corrected chi connectivity index (χ4v) is 9.24. The number of alkyl halides is 7. The first-order chi connectivity index (χ1) is 19.4. The zero-order chi connectivity index (χ0) is 31.0. The third-order valence-electron chi connectivity index (χ3n) is 8.39. The molecule has 16 heteroatoms. The standard InChI is InChI=1S/C26H23ClF7N2O4PS/c27-15-3-5-16(6-4-15)42(39,40)23-9-10-36(22(38)18-12-19(41)21(37)35-18)20(23)8-1-13-11-14(2-7-17(13)23)24(28,25(29,30)31)26(32,33)34/h2-7,11,18-20H,1,8-10,12,41H2,(H,35,37). The van der Waals surface area contributed by atoms with E-state index in [9.17, 15) is 48.7 Å². The van der Waals surface area contributed by atoms with Gasteiger partial charge < -0.3 is 10.2 Å². The molecular formula is C26H23ClF7N2O4PS. The molecule has 0 bridgehead atoms. The van der Waals surface area contributed by atoms with Gasteiger partial charge in [0.1, 0.15) is 10.8 Å². The lowest BCUT2D eigenvalue weighted by molar-refractivity contribution is -0.348. The highest BCUT2D eigenvalue weighted by molar-refractivity contribution is 7.92. The van der Waals surface area contributed by atoms with Crippen LogP contribution >= 0.6 is 20.8 Å². The molecule has 0 spiro atoms. The zero-order valence-corrected chi connectivity index (χ0v) is 24.1. The van der Waals surface area contributed by atoms with Gasteiger partial charge in [0.15, 0.2) is 9.84 Å². The maximum atomic E-state index is 14.9. The topological polar surface area (TPSA) is 83.6 Å². The van der Waals surface area contributed by atoms with Crippen LogP contribution in [0.4, 0.5) is 30.7 Å². The van der Waals surface area contributed by atoms with Crippen molar-refractivity contribution >= 4 is 42.5 Å². The Kier molecular flexibility index (Phi) is 7.42. The Morgan fingerprint density at radius 3 is 2.19 bits per heavy atom. The summed E-state index contributed by atoms with van der Waals surface area (Å²) >= 11 is 5.93. The number of likely N-dealkylation sites (tertiary alicyclic amines) is 1. The van der Waals surface area contributed by atoms with Crippen LogP contribution in [0.3, 0.4) is 0 Å². The number of aryl methyl sites for hydroxylation is 1. The smallest absolute Gasteiger partial charge is 0.344 e. The van der Waals surface area contributed by atoms with E-state index >= 15 is 0 Å². The highest BCUT2D eigenvalue weighted by atomic mass is 35.5. The number of rotatable bonds is 4. The lowest BCUT2D eigenvalue weighted by Crippen LogP contribution is -2.55. The third-order valence-corrected chi connectivity index (χ3v) is 11.8. The van der Waals surface area contributed by atoms with Crippen molar-refractivity contribution in [1.82, 2.24) is 10.2 Å². The molecule has 6 nitrogen and oxygen atoms in total. The minimum Gasteiger partial charge on any atom is -0.344 e. The van der Waals surface area contributed by atoms with E-state index in [2.05, 4.69) is 14.6 Å². The van der Waals surface area contributed by atoms with Gasteiger partial charge in [-0.2, -0.15) is 26.3 Å². The quantitative estimate of drug-likeness (QED) is 0.371. The molecule has 3 aliphatic rings. The van der Waals surface area contributed by atoms with Crippen LogP contribution in [-0.2, 0) is 36.3 Å².